The van der Waals surface area contributed by atoms with Crippen molar-refractivity contribution in [3.8, 4) is 0 Å². The van der Waals surface area contributed by atoms with Gasteiger partial charge in [0, 0.05) is 23.5 Å². The Bertz CT molecular complexity index is 719. The van der Waals surface area contributed by atoms with Crippen LogP contribution in [0, 0.1) is 6.92 Å². The van der Waals surface area contributed by atoms with E-state index in [9.17, 15) is 0 Å². The van der Waals surface area contributed by atoms with Crippen molar-refractivity contribution in [2.24, 2.45) is 0 Å². The molecule has 108 valence electrons. The lowest BCUT2D eigenvalue weighted by Gasteiger charge is -2.19. The summed E-state index contributed by atoms with van der Waals surface area (Å²) in [6, 6.07) is 14.7. The molecule has 0 bridgehead atoms. The third-order valence-electron chi connectivity index (χ3n) is 3.69. The van der Waals surface area contributed by atoms with Crippen LogP contribution in [-0.2, 0) is 6.42 Å². The standard InChI is InChI=1S/C18H20N2O/c1-3-19-18(12-14-7-6-10-21-14)16-11-13(2)20-17-9-5-4-8-15(16)17/h4-11,18-19H,3,12H2,1-2H3. The molecule has 1 atom stereocenters. The Balaban J connectivity index is 2.05. The SMILES string of the molecule is CCNC(Cc1ccco1)c1cc(C)nc2ccccc12. The molecular formula is C18H20N2O. The lowest BCUT2D eigenvalue weighted by atomic mass is 9.97. The molecule has 0 saturated carbocycles. The van der Waals surface area contributed by atoms with Crippen molar-refractivity contribution in [1.82, 2.24) is 10.3 Å². The molecule has 1 aromatic carbocycles. The Hall–Kier alpha value is -2.13. The summed E-state index contributed by atoms with van der Waals surface area (Å²) >= 11 is 0. The van der Waals surface area contributed by atoms with Gasteiger partial charge >= 0.3 is 0 Å². The van der Waals surface area contributed by atoms with Gasteiger partial charge in [0.25, 0.3) is 0 Å². The molecule has 1 N–H and O–H groups in total. The first-order valence-electron chi connectivity index (χ1n) is 7.40. The normalized spacial score (nSPS) is 12.7. The van der Waals surface area contributed by atoms with Crippen LogP contribution in [-0.4, -0.2) is 11.5 Å². The minimum Gasteiger partial charge on any atom is -0.469 e. The van der Waals surface area contributed by atoms with Crippen LogP contribution < -0.4 is 5.32 Å². The van der Waals surface area contributed by atoms with Crippen LogP contribution in [0.4, 0.5) is 0 Å². The van der Waals surface area contributed by atoms with Crippen molar-refractivity contribution >= 4 is 10.9 Å². The van der Waals surface area contributed by atoms with E-state index in [4.69, 9.17) is 4.42 Å². The quantitative estimate of drug-likeness (QED) is 0.766. The smallest absolute Gasteiger partial charge is 0.105 e. The fourth-order valence-corrected chi connectivity index (χ4v) is 2.80. The maximum atomic E-state index is 5.52. The number of hydrogen-bond acceptors (Lipinski definition) is 3. The number of aromatic nitrogens is 1. The van der Waals surface area contributed by atoms with Crippen LogP contribution in [0.5, 0.6) is 0 Å². The van der Waals surface area contributed by atoms with Gasteiger partial charge in [0.05, 0.1) is 11.8 Å². The van der Waals surface area contributed by atoms with E-state index in [0.717, 1.165) is 29.9 Å². The zero-order chi connectivity index (χ0) is 14.7. The molecule has 2 aromatic heterocycles. The number of likely N-dealkylation sites (N-methyl/N-ethyl adjacent to an activating group) is 1. The van der Waals surface area contributed by atoms with Crippen LogP contribution in [0.15, 0.2) is 53.1 Å². The van der Waals surface area contributed by atoms with Gasteiger partial charge in [-0.2, -0.15) is 0 Å². The van der Waals surface area contributed by atoms with E-state index in [0.29, 0.717) is 0 Å². The van der Waals surface area contributed by atoms with Gasteiger partial charge in [-0.15, -0.1) is 0 Å². The Morgan fingerprint density at radius 3 is 2.81 bits per heavy atom. The number of para-hydroxylation sites is 1. The molecule has 0 aliphatic heterocycles. The van der Waals surface area contributed by atoms with Gasteiger partial charge in [0.15, 0.2) is 0 Å². The summed E-state index contributed by atoms with van der Waals surface area (Å²) in [4.78, 5) is 4.62. The summed E-state index contributed by atoms with van der Waals surface area (Å²) < 4.78 is 5.52. The topological polar surface area (TPSA) is 38.1 Å². The first-order chi connectivity index (χ1) is 10.3. The molecule has 0 spiro atoms. The van der Waals surface area contributed by atoms with Crippen molar-refractivity contribution in [2.75, 3.05) is 6.54 Å². The molecule has 1 unspecified atom stereocenters. The maximum absolute atomic E-state index is 5.52. The number of furan rings is 1. The maximum Gasteiger partial charge on any atom is 0.105 e. The van der Waals surface area contributed by atoms with Crippen LogP contribution in [0.3, 0.4) is 0 Å². The highest BCUT2D eigenvalue weighted by Gasteiger charge is 2.16. The minimum atomic E-state index is 0.229. The fraction of sp³-hybridized carbons (Fsp3) is 0.278. The summed E-state index contributed by atoms with van der Waals surface area (Å²) in [5.74, 6) is 1.000. The monoisotopic (exact) mass is 280 g/mol. The number of pyridine rings is 1. The Morgan fingerprint density at radius 1 is 1.19 bits per heavy atom. The van der Waals surface area contributed by atoms with Crippen molar-refractivity contribution < 1.29 is 4.42 Å². The summed E-state index contributed by atoms with van der Waals surface area (Å²) in [6.45, 7) is 5.10. The largest absolute Gasteiger partial charge is 0.469 e. The minimum absolute atomic E-state index is 0.229. The molecule has 3 heteroatoms. The van der Waals surface area contributed by atoms with E-state index in [2.05, 4.69) is 41.5 Å². The van der Waals surface area contributed by atoms with Crippen molar-refractivity contribution in [2.45, 2.75) is 26.3 Å². The van der Waals surface area contributed by atoms with Crippen LogP contribution >= 0.6 is 0 Å². The van der Waals surface area contributed by atoms with E-state index < -0.39 is 0 Å². The van der Waals surface area contributed by atoms with Gasteiger partial charge in [0.2, 0.25) is 0 Å². The molecule has 3 aromatic rings. The average Bonchev–Trinajstić information content (AvgIpc) is 2.99. The third-order valence-corrected chi connectivity index (χ3v) is 3.69. The highest BCUT2D eigenvalue weighted by atomic mass is 16.3. The van der Waals surface area contributed by atoms with Gasteiger partial charge in [-0.1, -0.05) is 25.1 Å². The number of hydrogen-bond donors (Lipinski definition) is 1. The number of nitrogens with zero attached hydrogens (tertiary/aromatic N) is 1. The zero-order valence-corrected chi connectivity index (χ0v) is 12.5. The Labute approximate surface area is 125 Å². The predicted octanol–water partition coefficient (Wildman–Crippen LogP) is 4.03. The van der Waals surface area contributed by atoms with E-state index >= 15 is 0 Å². The van der Waals surface area contributed by atoms with Crippen LogP contribution in [0.25, 0.3) is 10.9 Å². The van der Waals surface area contributed by atoms with E-state index in [1.165, 1.54) is 10.9 Å². The molecule has 0 saturated heterocycles. The number of benzene rings is 1. The predicted molar refractivity (Wildman–Crippen MR) is 85.3 cm³/mol. The molecule has 0 aliphatic carbocycles. The van der Waals surface area contributed by atoms with E-state index in [1.54, 1.807) is 6.26 Å². The van der Waals surface area contributed by atoms with Crippen LogP contribution in [0.1, 0.15) is 30.0 Å². The second kappa shape index (κ2) is 6.10. The third kappa shape index (κ3) is 2.98. The van der Waals surface area contributed by atoms with Gasteiger partial charge < -0.3 is 9.73 Å². The molecule has 0 fully saturated rings. The first-order valence-corrected chi connectivity index (χ1v) is 7.40. The number of rotatable bonds is 5. The summed E-state index contributed by atoms with van der Waals surface area (Å²) in [7, 11) is 0. The van der Waals surface area contributed by atoms with Gasteiger partial charge in [-0.25, -0.2) is 0 Å². The molecule has 3 nitrogen and oxygen atoms in total. The molecule has 2 heterocycles. The molecule has 0 aliphatic rings. The lowest BCUT2D eigenvalue weighted by Crippen LogP contribution is -2.23. The molecule has 0 radical (unpaired) electrons. The molecule has 21 heavy (non-hydrogen) atoms. The van der Waals surface area contributed by atoms with Crippen molar-refractivity contribution in [3.05, 3.63) is 65.7 Å². The van der Waals surface area contributed by atoms with E-state index in [1.807, 2.05) is 25.1 Å². The van der Waals surface area contributed by atoms with Crippen molar-refractivity contribution in [1.29, 1.82) is 0 Å². The lowest BCUT2D eigenvalue weighted by molar-refractivity contribution is 0.456. The summed E-state index contributed by atoms with van der Waals surface area (Å²) in [5, 5.41) is 4.78. The number of fused-ring (bicyclic) bond motifs is 1. The zero-order valence-electron chi connectivity index (χ0n) is 12.5. The average molecular weight is 280 g/mol. The molecule has 3 rings (SSSR count). The van der Waals surface area contributed by atoms with Gasteiger partial charge in [0.1, 0.15) is 5.76 Å². The van der Waals surface area contributed by atoms with Gasteiger partial charge in [-0.05, 0) is 43.3 Å². The van der Waals surface area contributed by atoms with Crippen LogP contribution in [0.2, 0.25) is 0 Å². The summed E-state index contributed by atoms with van der Waals surface area (Å²) in [6.07, 6.45) is 2.57. The molecule has 0 amide bonds. The highest BCUT2D eigenvalue weighted by Crippen LogP contribution is 2.27. The first kappa shape index (κ1) is 13.8. The second-order valence-electron chi connectivity index (χ2n) is 5.26. The second-order valence-corrected chi connectivity index (χ2v) is 5.26. The number of nitrogens with one attached hydrogen (secondary N) is 1. The molecular weight excluding hydrogens is 260 g/mol. The Morgan fingerprint density at radius 2 is 2.05 bits per heavy atom. The van der Waals surface area contributed by atoms with Crippen molar-refractivity contribution in [3.63, 3.8) is 0 Å². The van der Waals surface area contributed by atoms with Gasteiger partial charge in [-0.3, -0.25) is 4.98 Å². The Kier molecular flexibility index (Phi) is 4.02. The number of aryl methyl sites for hydroxylation is 1. The van der Waals surface area contributed by atoms with E-state index in [-0.39, 0.29) is 6.04 Å². The summed E-state index contributed by atoms with van der Waals surface area (Å²) in [5.41, 5.74) is 3.39. The highest BCUT2D eigenvalue weighted by molar-refractivity contribution is 5.82. The fourth-order valence-electron chi connectivity index (χ4n) is 2.80.